The molecule has 14 N–H and O–H groups in total. The maximum atomic E-state index is 10.6. The molecule has 1 aliphatic carbocycles. The molecule has 2 aliphatic heterocycles. The Balaban J connectivity index is 1.78. The van der Waals surface area contributed by atoms with E-state index in [1.165, 1.54) is 0 Å². The normalized spacial score (nSPS) is 53.6. The van der Waals surface area contributed by atoms with Gasteiger partial charge in [0, 0.05) is 18.6 Å². The molecule has 0 spiro atoms. The third-order valence-corrected chi connectivity index (χ3v) is 6.13. The Morgan fingerprint density at radius 2 is 1.29 bits per heavy atom. The van der Waals surface area contributed by atoms with Crippen LogP contribution in [0.15, 0.2) is 0 Å². The molecule has 14 atom stereocenters. The lowest BCUT2D eigenvalue weighted by atomic mass is 9.84. The van der Waals surface area contributed by atoms with Gasteiger partial charge in [-0.2, -0.15) is 0 Å². The second-order valence-corrected chi connectivity index (χ2v) is 8.30. The predicted molar refractivity (Wildman–Crippen MR) is 102 cm³/mol. The highest BCUT2D eigenvalue weighted by Crippen LogP contribution is 2.31. The van der Waals surface area contributed by atoms with E-state index < -0.39 is 92.2 Å². The Morgan fingerprint density at radius 3 is 1.87 bits per heavy atom. The zero-order valence-electron chi connectivity index (χ0n) is 16.8. The summed E-state index contributed by atoms with van der Waals surface area (Å²) in [7, 11) is 0. The number of aliphatic hydroxyl groups is 6. The van der Waals surface area contributed by atoms with Gasteiger partial charge in [0.15, 0.2) is 12.6 Å². The summed E-state index contributed by atoms with van der Waals surface area (Å²) in [4.78, 5) is 0. The van der Waals surface area contributed by atoms with E-state index in [1.807, 2.05) is 0 Å². The summed E-state index contributed by atoms with van der Waals surface area (Å²) < 4.78 is 22.5. The number of aliphatic hydroxyl groups excluding tert-OH is 6. The molecule has 3 fully saturated rings. The Morgan fingerprint density at radius 1 is 0.710 bits per heavy atom. The van der Waals surface area contributed by atoms with Crippen LogP contribution in [-0.4, -0.2) is 129 Å². The number of rotatable bonds is 6. The highest BCUT2D eigenvalue weighted by molar-refractivity contribution is 5.01. The molecule has 2 saturated heterocycles. The number of hydrogen-bond acceptors (Lipinski definition) is 14. The van der Waals surface area contributed by atoms with Crippen LogP contribution >= 0.6 is 0 Å². The lowest BCUT2D eigenvalue weighted by Crippen LogP contribution is -2.68. The van der Waals surface area contributed by atoms with Crippen LogP contribution in [-0.2, 0) is 18.9 Å². The fourth-order valence-electron chi connectivity index (χ4n) is 4.16. The molecule has 14 nitrogen and oxygen atoms in total. The van der Waals surface area contributed by atoms with Crippen LogP contribution in [0.2, 0.25) is 0 Å². The van der Waals surface area contributed by atoms with E-state index in [-0.39, 0.29) is 13.0 Å². The minimum Gasteiger partial charge on any atom is -0.394 e. The van der Waals surface area contributed by atoms with Crippen LogP contribution in [0.3, 0.4) is 0 Å². The quantitative estimate of drug-likeness (QED) is 0.179. The van der Waals surface area contributed by atoms with Crippen molar-refractivity contribution in [2.45, 2.75) is 92.1 Å². The van der Waals surface area contributed by atoms with Crippen molar-refractivity contribution in [2.75, 3.05) is 13.2 Å². The van der Waals surface area contributed by atoms with E-state index in [0.29, 0.717) is 0 Å². The van der Waals surface area contributed by atoms with Gasteiger partial charge in [-0.05, 0) is 6.42 Å². The van der Waals surface area contributed by atoms with Crippen LogP contribution in [0.1, 0.15) is 6.42 Å². The van der Waals surface area contributed by atoms with Gasteiger partial charge in [-0.25, -0.2) is 0 Å². The van der Waals surface area contributed by atoms with Gasteiger partial charge in [-0.15, -0.1) is 0 Å². The van der Waals surface area contributed by atoms with Gasteiger partial charge in [0.05, 0.1) is 18.8 Å². The van der Waals surface area contributed by atoms with Gasteiger partial charge in [0.25, 0.3) is 0 Å². The fraction of sp³-hybridized carbons (Fsp3) is 1.00. The molecule has 5 unspecified atom stereocenters. The van der Waals surface area contributed by atoms with Gasteiger partial charge in [0.1, 0.15) is 48.8 Å². The van der Waals surface area contributed by atoms with Gasteiger partial charge in [-0.1, -0.05) is 0 Å². The number of nitrogens with two attached hydrogens (primary N) is 4. The van der Waals surface area contributed by atoms with Crippen LogP contribution in [0.5, 0.6) is 0 Å². The lowest BCUT2D eigenvalue weighted by Gasteiger charge is -2.47. The van der Waals surface area contributed by atoms with E-state index >= 15 is 0 Å². The molecule has 1 saturated carbocycles. The molecule has 0 aromatic heterocycles. The molecule has 182 valence electrons. The van der Waals surface area contributed by atoms with E-state index in [4.69, 9.17) is 41.9 Å². The molecule has 0 aromatic rings. The van der Waals surface area contributed by atoms with Crippen LogP contribution < -0.4 is 22.9 Å². The monoisotopic (exact) mass is 454 g/mol. The van der Waals surface area contributed by atoms with Crippen molar-refractivity contribution >= 4 is 0 Å². The second kappa shape index (κ2) is 10.1. The Bertz CT molecular complexity index is 591. The van der Waals surface area contributed by atoms with Crippen molar-refractivity contribution < 1.29 is 49.6 Å². The van der Waals surface area contributed by atoms with Crippen molar-refractivity contribution in [3.05, 3.63) is 0 Å². The third kappa shape index (κ3) is 4.87. The highest BCUT2D eigenvalue weighted by Gasteiger charge is 2.52. The van der Waals surface area contributed by atoms with Gasteiger partial charge >= 0.3 is 0 Å². The maximum absolute atomic E-state index is 10.6. The number of ether oxygens (including phenoxy) is 4. The topological polar surface area (TPSA) is 262 Å². The van der Waals surface area contributed by atoms with Crippen molar-refractivity contribution in [1.82, 2.24) is 0 Å². The van der Waals surface area contributed by atoms with Crippen LogP contribution in [0.25, 0.3) is 0 Å². The molecule has 0 amide bonds. The summed E-state index contributed by atoms with van der Waals surface area (Å²) >= 11 is 0. The molecule has 2 heterocycles. The van der Waals surface area contributed by atoms with Crippen molar-refractivity contribution in [1.29, 1.82) is 0 Å². The SMILES string of the molecule is NC[C@H]1O[C@@H](O[C@@H]2C(O)[C@H](N)CC(N)[C@H]2O[C@H]2OC(CO)[C@@H](O)[C@H](O)C2N)C(O)[C@H]1O. The van der Waals surface area contributed by atoms with E-state index in [0.717, 1.165) is 0 Å². The summed E-state index contributed by atoms with van der Waals surface area (Å²) in [5, 5.41) is 60.3. The highest BCUT2D eigenvalue weighted by atomic mass is 16.7. The smallest absolute Gasteiger partial charge is 0.187 e. The first-order valence-corrected chi connectivity index (χ1v) is 10.2. The first-order chi connectivity index (χ1) is 14.6. The van der Waals surface area contributed by atoms with Crippen LogP contribution in [0.4, 0.5) is 0 Å². The minimum atomic E-state index is -1.46. The summed E-state index contributed by atoms with van der Waals surface area (Å²) in [5.41, 5.74) is 23.6. The number of hydrogen-bond donors (Lipinski definition) is 10. The fourth-order valence-corrected chi connectivity index (χ4v) is 4.16. The summed E-state index contributed by atoms with van der Waals surface area (Å²) in [6, 6.07) is -2.76. The molecule has 0 radical (unpaired) electrons. The second-order valence-electron chi connectivity index (χ2n) is 8.30. The van der Waals surface area contributed by atoms with Crippen molar-refractivity contribution in [2.24, 2.45) is 22.9 Å². The van der Waals surface area contributed by atoms with Crippen molar-refractivity contribution in [3.63, 3.8) is 0 Å². The average Bonchev–Trinajstić information content (AvgIpc) is 3.02. The van der Waals surface area contributed by atoms with Crippen molar-refractivity contribution in [3.8, 4) is 0 Å². The standard InChI is InChI=1S/C17H34N4O10/c18-2-6-10(24)13(27)17(28-6)31-15-9(23)4(19)1-5(20)14(15)30-16-8(21)12(26)11(25)7(3-22)29-16/h4-17,22-27H,1-3,18-21H2/t4-,5?,6-,7?,8?,9?,10+,11-,12-,13?,14-,15-,16-,17+/m1/s1. The lowest BCUT2D eigenvalue weighted by molar-refractivity contribution is -0.310. The molecule has 3 rings (SSSR count). The molecule has 3 aliphatic rings. The molecule has 0 bridgehead atoms. The third-order valence-electron chi connectivity index (χ3n) is 6.13. The minimum absolute atomic E-state index is 0.0716. The van der Waals surface area contributed by atoms with Gasteiger partial charge < -0.3 is 72.5 Å². The summed E-state index contributed by atoms with van der Waals surface area (Å²) in [6.07, 6.45) is -13.8. The largest absolute Gasteiger partial charge is 0.394 e. The Kier molecular flexibility index (Phi) is 8.21. The first kappa shape index (κ1) is 25.1. The Hall–Kier alpha value is -0.560. The molecular formula is C17H34N4O10. The van der Waals surface area contributed by atoms with E-state index in [9.17, 15) is 30.6 Å². The maximum Gasteiger partial charge on any atom is 0.187 e. The molecule has 14 heteroatoms. The first-order valence-electron chi connectivity index (χ1n) is 10.2. The van der Waals surface area contributed by atoms with Crippen LogP contribution in [0, 0.1) is 0 Å². The average molecular weight is 454 g/mol. The summed E-state index contributed by atoms with van der Waals surface area (Å²) in [5.74, 6) is 0. The zero-order chi connectivity index (χ0) is 23.0. The van der Waals surface area contributed by atoms with E-state index in [2.05, 4.69) is 0 Å². The summed E-state index contributed by atoms with van der Waals surface area (Å²) in [6.45, 7) is -0.673. The van der Waals surface area contributed by atoms with Gasteiger partial charge in [-0.3, -0.25) is 0 Å². The molecule has 0 aromatic carbocycles. The Labute approximate surface area is 178 Å². The zero-order valence-corrected chi connectivity index (χ0v) is 16.8. The molecule has 31 heavy (non-hydrogen) atoms. The van der Waals surface area contributed by atoms with Gasteiger partial charge in [0.2, 0.25) is 0 Å². The predicted octanol–water partition coefficient (Wildman–Crippen LogP) is -6.65. The molecular weight excluding hydrogens is 420 g/mol. The van der Waals surface area contributed by atoms with E-state index in [1.54, 1.807) is 0 Å².